The quantitative estimate of drug-likeness (QED) is 0.795. The van der Waals surface area contributed by atoms with Crippen LogP contribution in [0.15, 0.2) is 18.2 Å². The highest BCUT2D eigenvalue weighted by molar-refractivity contribution is 5.26. The highest BCUT2D eigenvalue weighted by atomic mass is 19.1. The first-order valence-corrected chi connectivity index (χ1v) is 6.47. The van der Waals surface area contributed by atoms with Crippen molar-refractivity contribution in [1.82, 2.24) is 5.32 Å². The summed E-state index contributed by atoms with van der Waals surface area (Å²) in [5.41, 5.74) is 2.33. The van der Waals surface area contributed by atoms with E-state index in [1.165, 1.54) is 11.6 Å². The van der Waals surface area contributed by atoms with Crippen molar-refractivity contribution in [3.63, 3.8) is 0 Å². The van der Waals surface area contributed by atoms with E-state index in [2.05, 4.69) is 26.1 Å². The molecule has 1 N–H and O–H groups in total. The van der Waals surface area contributed by atoms with Gasteiger partial charge < -0.3 is 5.32 Å². The molecule has 96 valence electrons. The topological polar surface area (TPSA) is 12.0 Å². The maximum Gasteiger partial charge on any atom is 0.123 e. The molecular formula is C15H24FN. The van der Waals surface area contributed by atoms with Gasteiger partial charge in [-0.2, -0.15) is 0 Å². The zero-order valence-electron chi connectivity index (χ0n) is 11.4. The number of halogens is 1. The molecule has 0 aliphatic heterocycles. The summed E-state index contributed by atoms with van der Waals surface area (Å²) in [5, 5.41) is 3.43. The van der Waals surface area contributed by atoms with Gasteiger partial charge in [-0.3, -0.25) is 0 Å². The lowest BCUT2D eigenvalue weighted by atomic mass is 9.98. The summed E-state index contributed by atoms with van der Waals surface area (Å²) in [5.74, 6) is 0.499. The minimum Gasteiger partial charge on any atom is -0.314 e. The second kappa shape index (κ2) is 6.75. The number of rotatable bonds is 6. The van der Waals surface area contributed by atoms with Gasteiger partial charge in [-0.05, 0) is 55.5 Å². The maximum atomic E-state index is 13.1. The maximum absolute atomic E-state index is 13.1. The van der Waals surface area contributed by atoms with Crippen molar-refractivity contribution in [3.8, 4) is 0 Å². The molecule has 0 amide bonds. The molecule has 1 aromatic rings. The van der Waals surface area contributed by atoms with Crippen molar-refractivity contribution in [2.24, 2.45) is 5.92 Å². The lowest BCUT2D eigenvalue weighted by Gasteiger charge is -2.15. The molecule has 0 fully saturated rings. The van der Waals surface area contributed by atoms with Crippen molar-refractivity contribution in [2.45, 2.75) is 46.6 Å². The largest absolute Gasteiger partial charge is 0.314 e. The van der Waals surface area contributed by atoms with E-state index in [4.69, 9.17) is 0 Å². The number of hydrogen-bond acceptors (Lipinski definition) is 1. The van der Waals surface area contributed by atoms with Gasteiger partial charge >= 0.3 is 0 Å². The highest BCUT2D eigenvalue weighted by Crippen LogP contribution is 2.15. The van der Waals surface area contributed by atoms with Crippen molar-refractivity contribution in [2.75, 3.05) is 6.54 Å². The Morgan fingerprint density at radius 1 is 1.24 bits per heavy atom. The predicted octanol–water partition coefficient (Wildman–Crippen LogP) is 3.70. The fourth-order valence-corrected chi connectivity index (χ4v) is 1.85. The molecule has 1 nitrogen and oxygen atoms in total. The van der Waals surface area contributed by atoms with Crippen molar-refractivity contribution in [3.05, 3.63) is 35.1 Å². The molecule has 0 aromatic heterocycles. The van der Waals surface area contributed by atoms with Crippen molar-refractivity contribution in [1.29, 1.82) is 0 Å². The summed E-state index contributed by atoms with van der Waals surface area (Å²) in [6.45, 7) is 9.63. The molecule has 0 saturated heterocycles. The first-order valence-electron chi connectivity index (χ1n) is 6.47. The Balaban J connectivity index is 2.41. The summed E-state index contributed by atoms with van der Waals surface area (Å²) >= 11 is 0. The Kier molecular flexibility index (Phi) is 5.63. The Morgan fingerprint density at radius 2 is 1.94 bits per heavy atom. The van der Waals surface area contributed by atoms with Gasteiger partial charge in [0.15, 0.2) is 0 Å². The van der Waals surface area contributed by atoms with Crippen LogP contribution < -0.4 is 5.32 Å². The molecule has 0 aliphatic rings. The normalized spacial score (nSPS) is 13.1. The molecule has 0 saturated carbocycles. The van der Waals surface area contributed by atoms with E-state index in [9.17, 15) is 4.39 Å². The average Bonchev–Trinajstić information content (AvgIpc) is 2.27. The summed E-state index contributed by atoms with van der Waals surface area (Å²) in [7, 11) is 0. The smallest absolute Gasteiger partial charge is 0.123 e. The minimum absolute atomic E-state index is 0.126. The van der Waals surface area contributed by atoms with Gasteiger partial charge in [0, 0.05) is 6.04 Å². The third kappa shape index (κ3) is 5.31. The Morgan fingerprint density at radius 3 is 2.59 bits per heavy atom. The van der Waals surface area contributed by atoms with Crippen molar-refractivity contribution < 1.29 is 4.39 Å². The van der Waals surface area contributed by atoms with Crippen LogP contribution in [0.1, 0.15) is 38.3 Å². The fraction of sp³-hybridized carbons (Fsp3) is 0.600. The molecule has 0 heterocycles. The zero-order chi connectivity index (χ0) is 12.8. The van der Waals surface area contributed by atoms with E-state index in [0.29, 0.717) is 12.0 Å². The first-order chi connectivity index (χ1) is 7.99. The lowest BCUT2D eigenvalue weighted by molar-refractivity contribution is 0.453. The Hall–Kier alpha value is -0.890. The van der Waals surface area contributed by atoms with Crippen LogP contribution in [0.3, 0.4) is 0 Å². The number of hydrogen-bond donors (Lipinski definition) is 1. The van der Waals surface area contributed by atoms with Crippen LogP contribution in [0.4, 0.5) is 4.39 Å². The van der Waals surface area contributed by atoms with Gasteiger partial charge in [0.2, 0.25) is 0 Å². The molecule has 17 heavy (non-hydrogen) atoms. The molecule has 0 radical (unpaired) electrons. The van der Waals surface area contributed by atoms with Crippen LogP contribution in [-0.4, -0.2) is 12.6 Å². The highest BCUT2D eigenvalue weighted by Gasteiger charge is 2.06. The number of aryl methyl sites for hydroxylation is 2. The van der Waals surface area contributed by atoms with Crippen LogP contribution >= 0.6 is 0 Å². The van der Waals surface area contributed by atoms with E-state index in [1.54, 1.807) is 6.07 Å². The number of benzene rings is 1. The fourth-order valence-electron chi connectivity index (χ4n) is 1.85. The van der Waals surface area contributed by atoms with Crippen LogP contribution in [0, 0.1) is 18.7 Å². The molecule has 2 heteroatoms. The van der Waals surface area contributed by atoms with Gasteiger partial charge in [-0.1, -0.05) is 26.8 Å². The molecule has 1 aromatic carbocycles. The van der Waals surface area contributed by atoms with E-state index in [-0.39, 0.29) is 5.82 Å². The molecule has 1 rings (SSSR count). The molecule has 0 aliphatic carbocycles. The van der Waals surface area contributed by atoms with Gasteiger partial charge in [-0.15, -0.1) is 0 Å². The molecule has 0 spiro atoms. The second-order valence-electron chi connectivity index (χ2n) is 5.28. The Bertz CT molecular complexity index is 347. The van der Waals surface area contributed by atoms with Gasteiger partial charge in [-0.25, -0.2) is 4.39 Å². The van der Waals surface area contributed by atoms with E-state index in [1.807, 2.05) is 13.0 Å². The lowest BCUT2D eigenvalue weighted by Crippen LogP contribution is -2.28. The first kappa shape index (κ1) is 14.2. The standard InChI is InChI=1S/C15H24FN/c1-11(2)17-10-12(3)5-7-14-9-15(16)8-6-13(14)4/h6,8-9,11-12,17H,5,7,10H2,1-4H3. The monoisotopic (exact) mass is 237 g/mol. The molecule has 1 unspecified atom stereocenters. The second-order valence-corrected chi connectivity index (χ2v) is 5.28. The molecular weight excluding hydrogens is 213 g/mol. The summed E-state index contributed by atoms with van der Waals surface area (Å²) in [4.78, 5) is 0. The van der Waals surface area contributed by atoms with Crippen LogP contribution in [-0.2, 0) is 6.42 Å². The summed E-state index contributed by atoms with van der Waals surface area (Å²) in [6, 6.07) is 5.59. The summed E-state index contributed by atoms with van der Waals surface area (Å²) < 4.78 is 13.1. The van der Waals surface area contributed by atoms with Crippen LogP contribution in [0.25, 0.3) is 0 Å². The Labute approximate surface area is 104 Å². The van der Waals surface area contributed by atoms with Gasteiger partial charge in [0.25, 0.3) is 0 Å². The minimum atomic E-state index is -0.126. The molecule has 0 bridgehead atoms. The SMILES string of the molecule is Cc1ccc(F)cc1CCC(C)CNC(C)C. The summed E-state index contributed by atoms with van der Waals surface area (Å²) in [6.07, 6.45) is 2.06. The third-order valence-electron chi connectivity index (χ3n) is 3.09. The van der Waals surface area contributed by atoms with E-state index >= 15 is 0 Å². The third-order valence-corrected chi connectivity index (χ3v) is 3.09. The van der Waals surface area contributed by atoms with Crippen molar-refractivity contribution >= 4 is 0 Å². The van der Waals surface area contributed by atoms with E-state index < -0.39 is 0 Å². The van der Waals surface area contributed by atoms with E-state index in [0.717, 1.165) is 24.9 Å². The van der Waals surface area contributed by atoms with Crippen LogP contribution in [0.2, 0.25) is 0 Å². The average molecular weight is 237 g/mol. The van der Waals surface area contributed by atoms with Gasteiger partial charge in [0.05, 0.1) is 0 Å². The molecule has 1 atom stereocenters. The van der Waals surface area contributed by atoms with Gasteiger partial charge in [0.1, 0.15) is 5.82 Å². The predicted molar refractivity (Wildman–Crippen MR) is 71.8 cm³/mol. The van der Waals surface area contributed by atoms with Crippen LogP contribution in [0.5, 0.6) is 0 Å². The number of nitrogens with one attached hydrogen (secondary N) is 1. The zero-order valence-corrected chi connectivity index (χ0v) is 11.4.